The fraction of sp³-hybridized carbons (Fsp3) is 0.250. The maximum absolute atomic E-state index is 12.0. The quantitative estimate of drug-likeness (QED) is 0.883. The third-order valence-electron chi connectivity index (χ3n) is 2.60. The van der Waals surface area contributed by atoms with E-state index in [4.69, 9.17) is 4.74 Å². The van der Waals surface area contributed by atoms with Gasteiger partial charge in [0.15, 0.2) is 0 Å². The van der Waals surface area contributed by atoms with Gasteiger partial charge in [0, 0.05) is 26.0 Å². The fourth-order valence-electron chi connectivity index (χ4n) is 1.57. The van der Waals surface area contributed by atoms with Gasteiger partial charge in [0.2, 0.25) is 10.0 Å². The van der Waals surface area contributed by atoms with Crippen LogP contribution in [0.4, 0.5) is 0 Å². The summed E-state index contributed by atoms with van der Waals surface area (Å²) in [6.07, 6.45) is 2.55. The SMILES string of the molecule is CO[C@@H](CNS(=O)(=O)c1cccnc1)c1ccsc1. The number of hydrogen-bond acceptors (Lipinski definition) is 5. The third-order valence-corrected chi connectivity index (χ3v) is 4.71. The number of ether oxygens (including phenoxy) is 1. The van der Waals surface area contributed by atoms with E-state index in [0.29, 0.717) is 0 Å². The average molecular weight is 298 g/mol. The van der Waals surface area contributed by atoms with Gasteiger partial charge in [-0.05, 0) is 34.5 Å². The summed E-state index contributed by atoms with van der Waals surface area (Å²) in [4.78, 5) is 3.95. The third kappa shape index (κ3) is 3.60. The van der Waals surface area contributed by atoms with Crippen LogP contribution < -0.4 is 4.72 Å². The molecule has 0 amide bonds. The molecule has 0 bridgehead atoms. The first-order valence-electron chi connectivity index (χ1n) is 5.58. The minimum absolute atomic E-state index is 0.148. The van der Waals surface area contributed by atoms with Gasteiger partial charge in [-0.15, -0.1) is 0 Å². The average Bonchev–Trinajstić information content (AvgIpc) is 2.94. The first kappa shape index (κ1) is 14.1. The van der Waals surface area contributed by atoms with Gasteiger partial charge in [-0.1, -0.05) is 0 Å². The van der Waals surface area contributed by atoms with E-state index in [9.17, 15) is 8.42 Å². The predicted octanol–water partition coefficient (Wildman–Crippen LogP) is 1.81. The van der Waals surface area contributed by atoms with Crippen molar-refractivity contribution in [3.63, 3.8) is 0 Å². The van der Waals surface area contributed by atoms with Crippen molar-refractivity contribution in [3.8, 4) is 0 Å². The van der Waals surface area contributed by atoms with Crippen LogP contribution in [0.1, 0.15) is 11.7 Å². The predicted molar refractivity (Wildman–Crippen MR) is 73.5 cm³/mol. The van der Waals surface area contributed by atoms with Crippen LogP contribution in [0.3, 0.4) is 0 Å². The second kappa shape index (κ2) is 6.25. The molecule has 0 aliphatic carbocycles. The molecule has 0 saturated carbocycles. The maximum atomic E-state index is 12.0. The van der Waals surface area contributed by atoms with Crippen LogP contribution in [0.5, 0.6) is 0 Å². The summed E-state index contributed by atoms with van der Waals surface area (Å²) < 4.78 is 31.9. The van der Waals surface area contributed by atoms with Crippen LogP contribution in [0.25, 0.3) is 0 Å². The molecule has 1 atom stereocenters. The van der Waals surface area contributed by atoms with Crippen molar-refractivity contribution < 1.29 is 13.2 Å². The van der Waals surface area contributed by atoms with E-state index >= 15 is 0 Å². The Kier molecular flexibility index (Phi) is 4.65. The van der Waals surface area contributed by atoms with Crippen molar-refractivity contribution in [2.45, 2.75) is 11.0 Å². The lowest BCUT2D eigenvalue weighted by Crippen LogP contribution is -2.29. The molecule has 102 valence electrons. The molecule has 0 spiro atoms. The summed E-state index contributed by atoms with van der Waals surface area (Å²) in [7, 11) is -1.99. The lowest BCUT2D eigenvalue weighted by molar-refractivity contribution is 0.107. The van der Waals surface area contributed by atoms with Crippen molar-refractivity contribution >= 4 is 21.4 Å². The van der Waals surface area contributed by atoms with Crippen LogP contribution in [0, 0.1) is 0 Å². The summed E-state index contributed by atoms with van der Waals surface area (Å²) in [6, 6.07) is 5.00. The van der Waals surface area contributed by atoms with Crippen molar-refractivity contribution in [1.29, 1.82) is 0 Å². The molecule has 7 heteroatoms. The minimum Gasteiger partial charge on any atom is -0.375 e. The van der Waals surface area contributed by atoms with Crippen LogP contribution in [0.2, 0.25) is 0 Å². The smallest absolute Gasteiger partial charge is 0.242 e. The van der Waals surface area contributed by atoms with Crippen LogP contribution in [-0.2, 0) is 14.8 Å². The van der Waals surface area contributed by atoms with E-state index in [1.807, 2.05) is 16.8 Å². The Morgan fingerprint density at radius 3 is 2.89 bits per heavy atom. The number of thiophene rings is 1. The van der Waals surface area contributed by atoms with Gasteiger partial charge < -0.3 is 4.74 Å². The zero-order chi connectivity index (χ0) is 13.7. The molecule has 5 nitrogen and oxygen atoms in total. The molecule has 1 N–H and O–H groups in total. The first-order chi connectivity index (χ1) is 9.13. The minimum atomic E-state index is -3.55. The van der Waals surface area contributed by atoms with E-state index in [1.54, 1.807) is 24.5 Å². The van der Waals surface area contributed by atoms with Gasteiger partial charge in [0.25, 0.3) is 0 Å². The summed E-state index contributed by atoms with van der Waals surface area (Å²) in [5.41, 5.74) is 0.960. The van der Waals surface area contributed by atoms with Crippen LogP contribution in [0.15, 0.2) is 46.2 Å². The number of hydrogen-bond donors (Lipinski definition) is 1. The van der Waals surface area contributed by atoms with Gasteiger partial charge in [-0.25, -0.2) is 13.1 Å². The lowest BCUT2D eigenvalue weighted by atomic mass is 10.2. The van der Waals surface area contributed by atoms with Gasteiger partial charge >= 0.3 is 0 Å². The highest BCUT2D eigenvalue weighted by atomic mass is 32.2. The molecule has 0 unspecified atom stereocenters. The Morgan fingerprint density at radius 1 is 1.47 bits per heavy atom. The number of pyridine rings is 1. The summed E-state index contributed by atoms with van der Waals surface area (Å²) >= 11 is 1.55. The summed E-state index contributed by atoms with van der Waals surface area (Å²) in [5.74, 6) is 0. The Hall–Kier alpha value is -1.28. The molecule has 0 aliphatic rings. The molecule has 0 aromatic carbocycles. The molecule has 2 aromatic heterocycles. The molecule has 0 aliphatic heterocycles. The normalized spacial score (nSPS) is 13.3. The lowest BCUT2D eigenvalue weighted by Gasteiger charge is -2.15. The van der Waals surface area contributed by atoms with Crippen molar-refractivity contribution in [1.82, 2.24) is 9.71 Å². The van der Waals surface area contributed by atoms with Crippen molar-refractivity contribution in [2.75, 3.05) is 13.7 Å². The molecule has 19 heavy (non-hydrogen) atoms. The van der Waals surface area contributed by atoms with Gasteiger partial charge in [0.05, 0.1) is 6.10 Å². The van der Waals surface area contributed by atoms with Gasteiger partial charge in [-0.3, -0.25) is 4.98 Å². The Bertz CT molecular complexity index is 597. The van der Waals surface area contributed by atoms with Crippen LogP contribution in [-0.4, -0.2) is 27.1 Å². The topological polar surface area (TPSA) is 68.3 Å². The molecule has 0 fully saturated rings. The van der Waals surface area contributed by atoms with E-state index in [2.05, 4.69) is 9.71 Å². The van der Waals surface area contributed by atoms with Crippen LogP contribution >= 0.6 is 11.3 Å². The molecular formula is C12H14N2O3S2. The Labute approximate surface area is 116 Å². The number of methoxy groups -OCH3 is 1. The summed E-state index contributed by atoms with van der Waals surface area (Å²) in [5, 5.41) is 3.86. The fourth-order valence-corrected chi connectivity index (χ4v) is 3.27. The monoisotopic (exact) mass is 298 g/mol. The zero-order valence-electron chi connectivity index (χ0n) is 10.3. The highest BCUT2D eigenvalue weighted by molar-refractivity contribution is 7.89. The van der Waals surface area contributed by atoms with Gasteiger partial charge in [-0.2, -0.15) is 11.3 Å². The highest BCUT2D eigenvalue weighted by Gasteiger charge is 2.18. The Morgan fingerprint density at radius 2 is 2.32 bits per heavy atom. The first-order valence-corrected chi connectivity index (χ1v) is 8.00. The second-order valence-corrected chi connectivity index (χ2v) is 6.37. The number of sulfonamides is 1. The second-order valence-electron chi connectivity index (χ2n) is 3.82. The van der Waals surface area contributed by atoms with Crippen molar-refractivity contribution in [2.24, 2.45) is 0 Å². The number of rotatable bonds is 6. The molecule has 2 heterocycles. The molecule has 0 radical (unpaired) electrons. The largest absolute Gasteiger partial charge is 0.375 e. The van der Waals surface area contributed by atoms with E-state index in [-0.39, 0.29) is 17.5 Å². The number of nitrogens with zero attached hydrogens (tertiary/aromatic N) is 1. The van der Waals surface area contributed by atoms with Crippen molar-refractivity contribution in [3.05, 3.63) is 46.9 Å². The highest BCUT2D eigenvalue weighted by Crippen LogP contribution is 2.19. The summed E-state index contributed by atoms with van der Waals surface area (Å²) in [6.45, 7) is 0.185. The maximum Gasteiger partial charge on any atom is 0.242 e. The number of aromatic nitrogens is 1. The number of nitrogens with one attached hydrogen (secondary N) is 1. The van der Waals surface area contributed by atoms with Gasteiger partial charge in [0.1, 0.15) is 4.90 Å². The molecule has 2 aromatic rings. The Balaban J connectivity index is 2.06. The molecule has 0 saturated heterocycles. The zero-order valence-corrected chi connectivity index (χ0v) is 11.9. The van der Waals surface area contributed by atoms with E-state index < -0.39 is 10.0 Å². The van der Waals surface area contributed by atoms with E-state index in [1.165, 1.54) is 18.5 Å². The standard InChI is InChI=1S/C12H14N2O3S2/c1-17-12(10-4-6-18-9-10)8-14-19(15,16)11-3-2-5-13-7-11/h2-7,9,12,14H,8H2,1H3/t12-/m0/s1. The molecule has 2 rings (SSSR count). The van der Waals surface area contributed by atoms with E-state index in [0.717, 1.165) is 5.56 Å². The molecular weight excluding hydrogens is 284 g/mol.